The maximum Gasteiger partial charge on any atom is 0.508 e. The second-order valence-electron chi connectivity index (χ2n) is 2.58. The van der Waals surface area contributed by atoms with Gasteiger partial charge >= 0.3 is 16.6 Å². The van der Waals surface area contributed by atoms with E-state index in [-0.39, 0.29) is 5.75 Å². The molecule has 0 radical (unpaired) electrons. The average Bonchev–Trinajstić information content (AvgIpc) is 2.02. The Balaban J connectivity index is 2.75. The van der Waals surface area contributed by atoms with E-state index in [1.807, 2.05) is 0 Å². The maximum absolute atomic E-state index is 11.8. The molecule has 0 aliphatic rings. The minimum absolute atomic E-state index is 0.0549. The third-order valence-corrected chi connectivity index (χ3v) is 2.07. The zero-order chi connectivity index (χ0) is 10.8. The van der Waals surface area contributed by atoms with Crippen LogP contribution in [0.15, 0.2) is 24.3 Å². The van der Waals surface area contributed by atoms with Crippen LogP contribution in [0.3, 0.4) is 0 Å². The molecule has 1 unspecified atom stereocenters. The van der Waals surface area contributed by atoms with Crippen LogP contribution in [0, 0.1) is 6.92 Å². The first-order valence-electron chi connectivity index (χ1n) is 3.63. The van der Waals surface area contributed by atoms with Gasteiger partial charge in [-0.3, -0.25) is 0 Å². The van der Waals surface area contributed by atoms with E-state index >= 15 is 0 Å². The molecular formula is C8H7F3O2S. The highest BCUT2D eigenvalue weighted by atomic mass is 32.2. The van der Waals surface area contributed by atoms with E-state index < -0.39 is 16.6 Å². The van der Waals surface area contributed by atoms with E-state index in [4.69, 9.17) is 0 Å². The van der Waals surface area contributed by atoms with Crippen molar-refractivity contribution < 1.29 is 21.6 Å². The van der Waals surface area contributed by atoms with E-state index in [1.54, 1.807) is 13.0 Å². The Morgan fingerprint density at radius 3 is 2.50 bits per heavy atom. The van der Waals surface area contributed by atoms with Crippen molar-refractivity contribution in [2.75, 3.05) is 0 Å². The Kier molecular flexibility index (Phi) is 3.15. The molecule has 0 amide bonds. The molecule has 0 saturated heterocycles. The number of benzene rings is 1. The van der Waals surface area contributed by atoms with Gasteiger partial charge in [0.05, 0.1) is 0 Å². The molecule has 0 spiro atoms. The van der Waals surface area contributed by atoms with E-state index in [1.165, 1.54) is 18.2 Å². The minimum Gasteiger partial charge on any atom is -0.394 e. The normalized spacial score (nSPS) is 13.7. The van der Waals surface area contributed by atoms with Gasteiger partial charge in [-0.05, 0) is 24.6 Å². The maximum atomic E-state index is 11.8. The smallest absolute Gasteiger partial charge is 0.394 e. The van der Waals surface area contributed by atoms with Crippen LogP contribution in [-0.2, 0) is 11.1 Å². The number of alkyl halides is 3. The molecule has 0 aliphatic carbocycles. The summed E-state index contributed by atoms with van der Waals surface area (Å²) >= 11 is -3.30. The van der Waals surface area contributed by atoms with Crippen molar-refractivity contribution in [3.05, 3.63) is 29.8 Å². The summed E-state index contributed by atoms with van der Waals surface area (Å²) in [6, 6.07) is 5.92. The summed E-state index contributed by atoms with van der Waals surface area (Å²) in [5.41, 5.74) is -4.11. The molecule has 1 rings (SSSR count). The van der Waals surface area contributed by atoms with Crippen LogP contribution in [0.25, 0.3) is 0 Å². The third kappa shape index (κ3) is 3.02. The van der Waals surface area contributed by atoms with Gasteiger partial charge in [-0.15, -0.1) is 0 Å². The third-order valence-electron chi connectivity index (χ3n) is 1.35. The first kappa shape index (κ1) is 11.0. The molecule has 1 atom stereocenters. The second-order valence-corrected chi connectivity index (χ2v) is 3.68. The lowest BCUT2D eigenvalue weighted by molar-refractivity contribution is -0.0437. The molecule has 0 fully saturated rings. The SMILES string of the molecule is Cc1cccc(OS(=O)C(F)(F)F)c1. The van der Waals surface area contributed by atoms with Gasteiger partial charge in [0, 0.05) is 0 Å². The van der Waals surface area contributed by atoms with Gasteiger partial charge in [0.15, 0.2) is 0 Å². The molecule has 0 aromatic heterocycles. The Hall–Kier alpha value is -1.04. The van der Waals surface area contributed by atoms with Crippen molar-refractivity contribution in [1.82, 2.24) is 0 Å². The molecule has 0 saturated carbocycles. The average molecular weight is 224 g/mol. The topological polar surface area (TPSA) is 26.3 Å². The predicted molar refractivity (Wildman–Crippen MR) is 46.0 cm³/mol. The molecule has 6 heteroatoms. The summed E-state index contributed by atoms with van der Waals surface area (Å²) in [4.78, 5) is 0. The van der Waals surface area contributed by atoms with Crippen LogP contribution in [-0.4, -0.2) is 9.72 Å². The van der Waals surface area contributed by atoms with Crippen molar-refractivity contribution in [3.63, 3.8) is 0 Å². The lowest BCUT2D eigenvalue weighted by Gasteiger charge is -2.07. The number of hydrogen-bond acceptors (Lipinski definition) is 2. The second kappa shape index (κ2) is 4.00. The van der Waals surface area contributed by atoms with Crippen LogP contribution < -0.4 is 4.18 Å². The van der Waals surface area contributed by atoms with Crippen LogP contribution in [0.4, 0.5) is 13.2 Å². The molecule has 1 aromatic carbocycles. The molecule has 14 heavy (non-hydrogen) atoms. The molecular weight excluding hydrogens is 217 g/mol. The highest BCUT2D eigenvalue weighted by Gasteiger charge is 2.39. The highest BCUT2D eigenvalue weighted by Crippen LogP contribution is 2.23. The van der Waals surface area contributed by atoms with Crippen molar-refractivity contribution >= 4 is 11.1 Å². The highest BCUT2D eigenvalue weighted by molar-refractivity contribution is 7.81. The molecule has 2 nitrogen and oxygen atoms in total. The standard InChI is InChI=1S/C8H7F3O2S/c1-6-3-2-4-7(5-6)13-14(12)8(9,10)11/h2-5H,1H3. The zero-order valence-corrected chi connectivity index (χ0v) is 7.98. The lowest BCUT2D eigenvalue weighted by atomic mass is 10.2. The first-order valence-corrected chi connectivity index (χ1v) is 4.70. The van der Waals surface area contributed by atoms with E-state index in [2.05, 4.69) is 4.18 Å². The fraction of sp³-hybridized carbons (Fsp3) is 0.250. The Morgan fingerprint density at radius 2 is 2.00 bits per heavy atom. The van der Waals surface area contributed by atoms with Crippen molar-refractivity contribution in [2.24, 2.45) is 0 Å². The number of rotatable bonds is 2. The number of hydrogen-bond donors (Lipinski definition) is 0. The molecule has 78 valence electrons. The van der Waals surface area contributed by atoms with Gasteiger partial charge in [0.1, 0.15) is 5.75 Å². The first-order chi connectivity index (χ1) is 6.39. The monoisotopic (exact) mass is 224 g/mol. The molecule has 1 aromatic rings. The van der Waals surface area contributed by atoms with Crippen LogP contribution in [0.5, 0.6) is 5.75 Å². The van der Waals surface area contributed by atoms with Gasteiger partial charge in [-0.25, -0.2) is 4.21 Å². The summed E-state index contributed by atoms with van der Waals surface area (Å²) in [5, 5.41) is 0. The Morgan fingerprint density at radius 1 is 1.36 bits per heavy atom. The molecule has 0 heterocycles. The van der Waals surface area contributed by atoms with E-state index in [0.717, 1.165) is 5.56 Å². The van der Waals surface area contributed by atoms with Crippen molar-refractivity contribution in [2.45, 2.75) is 12.4 Å². The Bertz CT molecular complexity index is 349. The number of halogens is 3. The van der Waals surface area contributed by atoms with Gasteiger partial charge in [0.2, 0.25) is 0 Å². The Labute approximate surface area is 81.4 Å². The zero-order valence-electron chi connectivity index (χ0n) is 7.17. The molecule has 0 N–H and O–H groups in total. The number of aryl methyl sites for hydroxylation is 1. The summed E-state index contributed by atoms with van der Waals surface area (Å²) in [6.07, 6.45) is 0. The summed E-state index contributed by atoms with van der Waals surface area (Å²) in [6.45, 7) is 1.70. The van der Waals surface area contributed by atoms with Crippen molar-refractivity contribution in [1.29, 1.82) is 0 Å². The van der Waals surface area contributed by atoms with Gasteiger partial charge in [0.25, 0.3) is 0 Å². The van der Waals surface area contributed by atoms with Gasteiger partial charge < -0.3 is 4.18 Å². The van der Waals surface area contributed by atoms with E-state index in [9.17, 15) is 17.4 Å². The summed E-state index contributed by atoms with van der Waals surface area (Å²) < 4.78 is 50.1. The van der Waals surface area contributed by atoms with Crippen LogP contribution >= 0.6 is 0 Å². The summed E-state index contributed by atoms with van der Waals surface area (Å²) in [5.74, 6) is -0.0549. The fourth-order valence-electron chi connectivity index (χ4n) is 0.802. The summed E-state index contributed by atoms with van der Waals surface area (Å²) in [7, 11) is 0. The van der Waals surface area contributed by atoms with E-state index in [0.29, 0.717) is 0 Å². The lowest BCUT2D eigenvalue weighted by Crippen LogP contribution is -2.20. The van der Waals surface area contributed by atoms with Gasteiger partial charge in [-0.2, -0.15) is 13.2 Å². The van der Waals surface area contributed by atoms with Crippen molar-refractivity contribution in [3.8, 4) is 5.75 Å². The van der Waals surface area contributed by atoms with Crippen LogP contribution in [0.2, 0.25) is 0 Å². The largest absolute Gasteiger partial charge is 0.508 e. The quantitative estimate of drug-likeness (QED) is 0.771. The molecule has 0 aliphatic heterocycles. The minimum atomic E-state index is -4.84. The van der Waals surface area contributed by atoms with Gasteiger partial charge in [-0.1, -0.05) is 12.1 Å². The predicted octanol–water partition coefficient (Wildman–Crippen LogP) is 2.56. The molecule has 0 bridgehead atoms. The fourth-order valence-corrected chi connectivity index (χ4v) is 1.17. The van der Waals surface area contributed by atoms with Crippen LogP contribution in [0.1, 0.15) is 5.56 Å².